The topological polar surface area (TPSA) is 138 Å². The molecule has 0 bridgehead atoms. The van der Waals surface area contributed by atoms with E-state index in [-0.39, 0.29) is 16.8 Å². The second kappa shape index (κ2) is 5.02. The molecule has 0 radical (unpaired) electrons. The lowest BCUT2D eigenvalue weighted by Crippen LogP contribution is -2.09. The molecule has 1 aliphatic carbocycles. The van der Waals surface area contributed by atoms with Gasteiger partial charge in [0.1, 0.15) is 5.82 Å². The van der Waals surface area contributed by atoms with E-state index in [1.807, 2.05) is 0 Å². The monoisotopic (exact) mass is 294 g/mol. The quantitative estimate of drug-likeness (QED) is 0.464. The van der Waals surface area contributed by atoms with Crippen molar-refractivity contribution in [2.24, 2.45) is 5.84 Å². The molecule has 3 rings (SSSR count). The molecule has 11 heteroatoms. The van der Waals surface area contributed by atoms with Gasteiger partial charge < -0.3 is 5.43 Å². The van der Waals surface area contributed by atoms with Crippen LogP contribution >= 0.6 is 11.8 Å². The van der Waals surface area contributed by atoms with Gasteiger partial charge in [-0.2, -0.15) is 0 Å². The molecule has 20 heavy (non-hydrogen) atoms. The van der Waals surface area contributed by atoms with Gasteiger partial charge in [0.25, 0.3) is 0 Å². The summed E-state index contributed by atoms with van der Waals surface area (Å²) < 4.78 is 1.67. The molecule has 1 saturated carbocycles. The Morgan fingerprint density at radius 2 is 2.30 bits per heavy atom. The van der Waals surface area contributed by atoms with Gasteiger partial charge in [-0.25, -0.2) is 15.5 Å². The summed E-state index contributed by atoms with van der Waals surface area (Å²) in [6.45, 7) is 0. The number of anilines is 1. The molecule has 0 unspecified atom stereocenters. The minimum atomic E-state index is -0.499. The lowest BCUT2D eigenvalue weighted by atomic mass is 10.4. The smallest absolute Gasteiger partial charge is 0.301 e. The predicted molar refractivity (Wildman–Crippen MR) is 68.9 cm³/mol. The maximum Gasteiger partial charge on any atom is 0.301 e. The van der Waals surface area contributed by atoms with Crippen molar-refractivity contribution in [3.63, 3.8) is 0 Å². The van der Waals surface area contributed by atoms with Crippen LogP contribution < -0.4 is 11.3 Å². The molecule has 2 heterocycles. The SMILES string of the molecule is NNc1ccc([N+](=O)[O-])c(Sc2nnnn2C2CC2)n1. The zero-order valence-corrected chi connectivity index (χ0v) is 10.9. The van der Waals surface area contributed by atoms with E-state index < -0.39 is 4.92 Å². The van der Waals surface area contributed by atoms with Gasteiger partial charge in [-0.05, 0) is 41.1 Å². The van der Waals surface area contributed by atoms with Crippen LogP contribution in [-0.2, 0) is 0 Å². The second-order valence-corrected chi connectivity index (χ2v) is 5.12. The Labute approximate surface area is 116 Å². The van der Waals surface area contributed by atoms with E-state index in [4.69, 9.17) is 5.84 Å². The van der Waals surface area contributed by atoms with Crippen molar-refractivity contribution in [1.82, 2.24) is 25.2 Å². The van der Waals surface area contributed by atoms with Gasteiger partial charge in [-0.1, -0.05) is 0 Å². The first-order valence-corrected chi connectivity index (χ1v) is 6.58. The van der Waals surface area contributed by atoms with Crippen LogP contribution in [0.5, 0.6) is 0 Å². The number of tetrazole rings is 1. The number of nitrogen functional groups attached to an aromatic ring is 1. The van der Waals surface area contributed by atoms with Crippen LogP contribution in [0.15, 0.2) is 22.3 Å². The van der Waals surface area contributed by atoms with Gasteiger partial charge in [-0.3, -0.25) is 10.1 Å². The van der Waals surface area contributed by atoms with Crippen LogP contribution in [0.4, 0.5) is 11.5 Å². The molecule has 2 aromatic heterocycles. The van der Waals surface area contributed by atoms with Crippen LogP contribution in [0.3, 0.4) is 0 Å². The van der Waals surface area contributed by atoms with Crippen molar-refractivity contribution in [3.05, 3.63) is 22.2 Å². The lowest BCUT2D eigenvalue weighted by molar-refractivity contribution is -0.388. The first-order chi connectivity index (χ1) is 9.69. The third-order valence-electron chi connectivity index (χ3n) is 2.73. The zero-order valence-electron chi connectivity index (χ0n) is 10.1. The minimum absolute atomic E-state index is 0.112. The summed E-state index contributed by atoms with van der Waals surface area (Å²) in [7, 11) is 0. The van der Waals surface area contributed by atoms with E-state index in [0.717, 1.165) is 24.6 Å². The van der Waals surface area contributed by atoms with Gasteiger partial charge in [0.05, 0.1) is 11.0 Å². The first-order valence-electron chi connectivity index (χ1n) is 5.77. The average molecular weight is 294 g/mol. The fraction of sp³-hybridized carbons (Fsp3) is 0.333. The number of nitrogens with two attached hydrogens (primary N) is 1. The standard InChI is InChI=1S/C9H10N8O2S/c10-12-7-4-3-6(17(18)19)8(11-7)20-9-13-14-15-16(9)5-1-2-5/h3-5H,1-2,10H2,(H,11,12). The molecule has 0 amide bonds. The number of hydrogen-bond donors (Lipinski definition) is 2. The predicted octanol–water partition coefficient (Wildman–Crippen LogP) is 0.748. The molecular formula is C9H10N8O2S. The molecule has 0 atom stereocenters. The Hall–Kier alpha value is -2.27. The number of hydrazine groups is 1. The fourth-order valence-electron chi connectivity index (χ4n) is 1.61. The van der Waals surface area contributed by atoms with E-state index in [2.05, 4.69) is 25.9 Å². The molecule has 1 aliphatic rings. The van der Waals surface area contributed by atoms with Crippen molar-refractivity contribution in [2.45, 2.75) is 29.1 Å². The average Bonchev–Trinajstić information content (AvgIpc) is 3.19. The summed E-state index contributed by atoms with van der Waals surface area (Å²) >= 11 is 1.05. The van der Waals surface area contributed by atoms with Gasteiger partial charge >= 0.3 is 5.69 Å². The number of pyridine rings is 1. The molecule has 1 fully saturated rings. The molecule has 104 valence electrons. The summed E-state index contributed by atoms with van der Waals surface area (Å²) in [6.07, 6.45) is 2.02. The highest BCUT2D eigenvalue weighted by atomic mass is 32.2. The van der Waals surface area contributed by atoms with Crippen LogP contribution in [0.1, 0.15) is 18.9 Å². The molecule has 2 aromatic rings. The van der Waals surface area contributed by atoms with Crippen molar-refractivity contribution >= 4 is 23.3 Å². The minimum Gasteiger partial charge on any atom is -0.308 e. The van der Waals surface area contributed by atoms with Crippen molar-refractivity contribution in [2.75, 3.05) is 5.43 Å². The first kappa shape index (κ1) is 12.7. The van der Waals surface area contributed by atoms with E-state index in [1.54, 1.807) is 4.68 Å². The molecule has 3 N–H and O–H groups in total. The summed E-state index contributed by atoms with van der Waals surface area (Å²) in [4.78, 5) is 14.6. The Morgan fingerprint density at radius 3 is 2.95 bits per heavy atom. The number of nitrogens with one attached hydrogen (secondary N) is 1. The van der Waals surface area contributed by atoms with Gasteiger partial charge in [0, 0.05) is 6.07 Å². The summed E-state index contributed by atoms with van der Waals surface area (Å²) in [5.74, 6) is 5.61. The normalized spacial score (nSPS) is 14.2. The molecule has 0 aliphatic heterocycles. The van der Waals surface area contributed by atoms with Gasteiger partial charge in [0.2, 0.25) is 5.16 Å². The molecule has 0 aromatic carbocycles. The molecule has 0 spiro atoms. The Kier molecular flexibility index (Phi) is 3.20. The Morgan fingerprint density at radius 1 is 1.50 bits per heavy atom. The second-order valence-electron chi connectivity index (χ2n) is 4.16. The van der Waals surface area contributed by atoms with Crippen molar-refractivity contribution in [3.8, 4) is 0 Å². The highest BCUT2D eigenvalue weighted by molar-refractivity contribution is 7.99. The lowest BCUT2D eigenvalue weighted by Gasteiger charge is -2.04. The van der Waals surface area contributed by atoms with Crippen molar-refractivity contribution < 1.29 is 4.92 Å². The summed E-state index contributed by atoms with van der Waals surface area (Å²) in [5, 5.41) is 23.1. The van der Waals surface area contributed by atoms with E-state index in [1.165, 1.54) is 12.1 Å². The third kappa shape index (κ3) is 2.40. The Bertz CT molecular complexity index is 655. The number of nitrogens with zero attached hydrogens (tertiary/aromatic N) is 6. The van der Waals surface area contributed by atoms with Crippen LogP contribution in [0.2, 0.25) is 0 Å². The zero-order chi connectivity index (χ0) is 14.1. The largest absolute Gasteiger partial charge is 0.308 e. The number of hydrogen-bond acceptors (Lipinski definition) is 9. The van der Waals surface area contributed by atoms with Crippen LogP contribution in [-0.4, -0.2) is 30.1 Å². The highest BCUT2D eigenvalue weighted by Crippen LogP contribution is 2.39. The third-order valence-corrected chi connectivity index (χ3v) is 3.67. The van der Waals surface area contributed by atoms with Crippen molar-refractivity contribution in [1.29, 1.82) is 0 Å². The van der Waals surface area contributed by atoms with E-state index >= 15 is 0 Å². The van der Waals surface area contributed by atoms with E-state index in [0.29, 0.717) is 11.0 Å². The highest BCUT2D eigenvalue weighted by Gasteiger charge is 2.29. The summed E-state index contributed by atoms with van der Waals surface area (Å²) in [5.41, 5.74) is 2.25. The Balaban J connectivity index is 1.95. The number of nitro groups is 1. The van der Waals surface area contributed by atoms with Gasteiger partial charge in [-0.15, -0.1) is 5.10 Å². The molecule has 10 nitrogen and oxygen atoms in total. The number of rotatable bonds is 5. The maximum atomic E-state index is 11.0. The van der Waals surface area contributed by atoms with Crippen LogP contribution in [0, 0.1) is 10.1 Å². The number of aromatic nitrogens is 5. The summed E-state index contributed by atoms with van der Waals surface area (Å²) in [6, 6.07) is 3.06. The molecule has 0 saturated heterocycles. The maximum absolute atomic E-state index is 11.0. The van der Waals surface area contributed by atoms with Crippen LogP contribution in [0.25, 0.3) is 0 Å². The fourth-order valence-corrected chi connectivity index (χ4v) is 2.54. The van der Waals surface area contributed by atoms with E-state index in [9.17, 15) is 10.1 Å². The molecular weight excluding hydrogens is 284 g/mol. The van der Waals surface area contributed by atoms with Gasteiger partial charge in [0.15, 0.2) is 5.03 Å².